The number of hydrogen-bond donors (Lipinski definition) is 2. The zero-order chi connectivity index (χ0) is 17.9. The van der Waals surface area contributed by atoms with Crippen molar-refractivity contribution in [3.05, 3.63) is 58.7 Å². The molecule has 0 unspecified atom stereocenters. The Morgan fingerprint density at radius 2 is 2.00 bits per heavy atom. The zero-order valence-corrected chi connectivity index (χ0v) is 14.7. The summed E-state index contributed by atoms with van der Waals surface area (Å²) in [6.45, 7) is 2.80. The molecule has 8 heteroatoms. The molecule has 0 fully saturated rings. The number of nitrogens with one attached hydrogen (secondary N) is 2. The predicted octanol–water partition coefficient (Wildman–Crippen LogP) is 3.92. The first-order chi connectivity index (χ1) is 12.7. The summed E-state index contributed by atoms with van der Waals surface area (Å²) in [4.78, 5) is 4.43. The van der Waals surface area contributed by atoms with Crippen LogP contribution in [0.4, 0.5) is 17.5 Å². The molecule has 7 nitrogen and oxygen atoms in total. The Balaban J connectivity index is 1.44. The quantitative estimate of drug-likeness (QED) is 0.705. The summed E-state index contributed by atoms with van der Waals surface area (Å²) in [5.74, 6) is 2.55. The number of hydrogen-bond acceptors (Lipinski definition) is 7. The molecule has 1 aromatic heterocycles. The molecule has 0 aliphatic carbocycles. The second-order valence-corrected chi connectivity index (χ2v) is 6.23. The van der Waals surface area contributed by atoms with E-state index in [0.29, 0.717) is 23.3 Å². The van der Waals surface area contributed by atoms with Gasteiger partial charge >= 0.3 is 0 Å². The third-order valence-corrected chi connectivity index (χ3v) is 4.14. The van der Waals surface area contributed by atoms with Crippen molar-refractivity contribution >= 4 is 29.1 Å². The molecule has 0 spiro atoms. The Hall–Kier alpha value is -3.06. The highest BCUT2D eigenvalue weighted by molar-refractivity contribution is 6.30. The highest BCUT2D eigenvalue weighted by Crippen LogP contribution is 2.32. The highest BCUT2D eigenvalue weighted by Gasteiger charge is 2.13. The van der Waals surface area contributed by atoms with Gasteiger partial charge in [0.25, 0.3) is 0 Å². The van der Waals surface area contributed by atoms with E-state index in [1.807, 2.05) is 43.3 Å². The first-order valence-corrected chi connectivity index (χ1v) is 8.40. The van der Waals surface area contributed by atoms with Crippen molar-refractivity contribution in [1.29, 1.82) is 0 Å². The number of halogens is 1. The minimum Gasteiger partial charge on any atom is -0.454 e. The van der Waals surface area contributed by atoms with Gasteiger partial charge in [0.15, 0.2) is 17.3 Å². The smallest absolute Gasteiger partial charge is 0.249 e. The van der Waals surface area contributed by atoms with Crippen molar-refractivity contribution in [2.75, 3.05) is 17.4 Å². The molecule has 2 heterocycles. The van der Waals surface area contributed by atoms with Crippen LogP contribution in [0.2, 0.25) is 5.02 Å². The fourth-order valence-electron chi connectivity index (χ4n) is 2.57. The van der Waals surface area contributed by atoms with Gasteiger partial charge in [0, 0.05) is 17.3 Å². The first-order valence-electron chi connectivity index (χ1n) is 8.03. The van der Waals surface area contributed by atoms with E-state index in [0.717, 1.165) is 28.3 Å². The Bertz CT molecular complexity index is 951. The Labute approximate surface area is 155 Å². The van der Waals surface area contributed by atoms with Crippen LogP contribution in [0.3, 0.4) is 0 Å². The van der Waals surface area contributed by atoms with Crippen molar-refractivity contribution in [3.8, 4) is 11.5 Å². The third kappa shape index (κ3) is 3.62. The van der Waals surface area contributed by atoms with Crippen molar-refractivity contribution in [3.63, 3.8) is 0 Å². The molecule has 1 aliphatic heterocycles. The number of ether oxygens (including phenoxy) is 2. The molecule has 132 valence electrons. The topological polar surface area (TPSA) is 81.2 Å². The van der Waals surface area contributed by atoms with E-state index >= 15 is 0 Å². The van der Waals surface area contributed by atoms with Gasteiger partial charge in [-0.3, -0.25) is 0 Å². The van der Waals surface area contributed by atoms with Crippen LogP contribution in [0.5, 0.6) is 11.5 Å². The molecule has 1 aliphatic rings. The van der Waals surface area contributed by atoms with Gasteiger partial charge in [0.05, 0.1) is 6.20 Å². The fourth-order valence-corrected chi connectivity index (χ4v) is 2.80. The predicted molar refractivity (Wildman–Crippen MR) is 99.2 cm³/mol. The average molecular weight is 370 g/mol. The van der Waals surface area contributed by atoms with Gasteiger partial charge < -0.3 is 20.1 Å². The molecule has 0 amide bonds. The first kappa shape index (κ1) is 16.4. The molecule has 0 radical (unpaired) electrons. The van der Waals surface area contributed by atoms with Crippen LogP contribution in [0.25, 0.3) is 0 Å². The van der Waals surface area contributed by atoms with Crippen LogP contribution in [0.1, 0.15) is 11.1 Å². The molecule has 0 bridgehead atoms. The fraction of sp³-hybridized carbons (Fsp3) is 0.167. The Kier molecular flexibility index (Phi) is 4.45. The minimum absolute atomic E-state index is 0.265. The number of benzene rings is 2. The molecule has 0 saturated heterocycles. The molecule has 26 heavy (non-hydrogen) atoms. The summed E-state index contributed by atoms with van der Waals surface area (Å²) < 4.78 is 10.7. The summed E-state index contributed by atoms with van der Waals surface area (Å²) in [7, 11) is 0. The second kappa shape index (κ2) is 7.05. The van der Waals surface area contributed by atoms with Gasteiger partial charge in [0.1, 0.15) is 0 Å². The van der Waals surface area contributed by atoms with Gasteiger partial charge in [-0.15, -0.1) is 5.10 Å². The van der Waals surface area contributed by atoms with E-state index < -0.39 is 0 Å². The number of nitrogens with zero attached hydrogens (tertiary/aromatic N) is 3. The van der Waals surface area contributed by atoms with E-state index in [-0.39, 0.29) is 6.79 Å². The summed E-state index contributed by atoms with van der Waals surface area (Å²) in [5.41, 5.74) is 2.93. The van der Waals surface area contributed by atoms with Crippen molar-refractivity contribution in [2.45, 2.75) is 13.5 Å². The van der Waals surface area contributed by atoms with Crippen LogP contribution in [0, 0.1) is 6.92 Å². The lowest BCUT2D eigenvalue weighted by atomic mass is 10.2. The molecule has 0 atom stereocenters. The van der Waals surface area contributed by atoms with Crippen LogP contribution in [-0.2, 0) is 6.54 Å². The van der Waals surface area contributed by atoms with Gasteiger partial charge in [-0.1, -0.05) is 17.7 Å². The van der Waals surface area contributed by atoms with E-state index in [1.165, 1.54) is 0 Å². The maximum absolute atomic E-state index is 5.98. The molecular formula is C18H16ClN5O2. The van der Waals surface area contributed by atoms with Crippen LogP contribution in [-0.4, -0.2) is 22.0 Å². The normalized spacial score (nSPS) is 12.1. The monoisotopic (exact) mass is 369 g/mol. The molecule has 0 saturated carbocycles. The number of rotatable bonds is 5. The lowest BCUT2D eigenvalue weighted by molar-refractivity contribution is 0.174. The largest absolute Gasteiger partial charge is 0.454 e. The second-order valence-electron chi connectivity index (χ2n) is 5.79. The van der Waals surface area contributed by atoms with E-state index in [1.54, 1.807) is 6.20 Å². The lowest BCUT2D eigenvalue weighted by Crippen LogP contribution is -2.06. The highest BCUT2D eigenvalue weighted by atomic mass is 35.5. The number of aromatic nitrogens is 3. The Morgan fingerprint density at radius 3 is 2.88 bits per heavy atom. The van der Waals surface area contributed by atoms with Gasteiger partial charge in [0.2, 0.25) is 12.7 Å². The summed E-state index contributed by atoms with van der Waals surface area (Å²) in [5, 5.41) is 15.1. The Morgan fingerprint density at radius 1 is 1.12 bits per heavy atom. The maximum atomic E-state index is 5.98. The summed E-state index contributed by atoms with van der Waals surface area (Å²) in [6.07, 6.45) is 1.58. The summed E-state index contributed by atoms with van der Waals surface area (Å²) >= 11 is 5.98. The van der Waals surface area contributed by atoms with Crippen molar-refractivity contribution < 1.29 is 9.47 Å². The molecular weight excluding hydrogens is 354 g/mol. The zero-order valence-electron chi connectivity index (χ0n) is 14.0. The standard InChI is InChI=1S/C18H16ClN5O2/c1-11-6-13(19)3-4-14(11)22-18-23-17(9-21-24-18)20-8-12-2-5-15-16(7-12)26-10-25-15/h2-7,9H,8,10H2,1H3,(H2,20,22,23,24). The SMILES string of the molecule is Cc1cc(Cl)ccc1Nc1nncc(NCc2ccc3c(c2)OCO3)n1. The van der Waals surface area contributed by atoms with E-state index in [4.69, 9.17) is 21.1 Å². The minimum atomic E-state index is 0.265. The van der Waals surface area contributed by atoms with E-state index in [9.17, 15) is 0 Å². The third-order valence-electron chi connectivity index (χ3n) is 3.90. The lowest BCUT2D eigenvalue weighted by Gasteiger charge is -2.10. The molecule has 2 aromatic carbocycles. The van der Waals surface area contributed by atoms with Gasteiger partial charge in [-0.2, -0.15) is 10.1 Å². The van der Waals surface area contributed by atoms with Crippen molar-refractivity contribution in [1.82, 2.24) is 15.2 Å². The average Bonchev–Trinajstić information content (AvgIpc) is 3.10. The number of anilines is 3. The van der Waals surface area contributed by atoms with E-state index in [2.05, 4.69) is 25.8 Å². The molecule has 2 N–H and O–H groups in total. The number of fused-ring (bicyclic) bond motifs is 1. The molecule has 4 rings (SSSR count). The van der Waals surface area contributed by atoms with Crippen LogP contribution < -0.4 is 20.1 Å². The van der Waals surface area contributed by atoms with Gasteiger partial charge in [-0.05, 0) is 48.4 Å². The molecule has 3 aromatic rings. The van der Waals surface area contributed by atoms with Crippen molar-refractivity contribution in [2.24, 2.45) is 0 Å². The maximum Gasteiger partial charge on any atom is 0.249 e. The van der Waals surface area contributed by atoms with Crippen LogP contribution in [0.15, 0.2) is 42.6 Å². The van der Waals surface area contributed by atoms with Crippen LogP contribution >= 0.6 is 11.6 Å². The number of aryl methyl sites for hydroxylation is 1. The van der Waals surface area contributed by atoms with Gasteiger partial charge in [-0.25, -0.2) is 0 Å². The summed E-state index contributed by atoms with van der Waals surface area (Å²) in [6, 6.07) is 11.4.